The van der Waals surface area contributed by atoms with Crippen LogP contribution in [-0.2, 0) is 0 Å². The van der Waals surface area contributed by atoms with E-state index in [-0.39, 0.29) is 12.1 Å². The van der Waals surface area contributed by atoms with Crippen LogP contribution in [0, 0.1) is 6.92 Å². The van der Waals surface area contributed by atoms with Crippen molar-refractivity contribution in [2.75, 3.05) is 0 Å². The Labute approximate surface area is 136 Å². The number of aromatic nitrogens is 4. The molecule has 23 heavy (non-hydrogen) atoms. The van der Waals surface area contributed by atoms with Crippen LogP contribution in [0.2, 0.25) is 0 Å². The summed E-state index contributed by atoms with van der Waals surface area (Å²) in [5.74, 6) is 0. The van der Waals surface area contributed by atoms with Crippen LogP contribution < -0.4 is 5.32 Å². The van der Waals surface area contributed by atoms with Crippen molar-refractivity contribution in [3.63, 3.8) is 0 Å². The topological polar surface area (TPSA) is 55.6 Å². The minimum atomic E-state index is 0.145. The maximum Gasteiger partial charge on any atom is 0.0991 e. The molecule has 0 saturated carbocycles. The summed E-state index contributed by atoms with van der Waals surface area (Å²) in [5.41, 5.74) is 4.31. The third kappa shape index (κ3) is 3.46. The monoisotopic (exact) mass is 307 g/mol. The second-order valence-corrected chi connectivity index (χ2v) is 5.70. The normalized spacial score (nSPS) is 13.7. The van der Waals surface area contributed by atoms with E-state index in [4.69, 9.17) is 0 Å². The molecule has 1 N–H and O–H groups in total. The fraction of sp³-hybridized carbons (Fsp3) is 0.278. The number of hydrogen-bond donors (Lipinski definition) is 1. The molecule has 0 aliphatic heterocycles. The third-order valence-corrected chi connectivity index (χ3v) is 4.02. The average molecular weight is 307 g/mol. The molecule has 1 aromatic carbocycles. The van der Waals surface area contributed by atoms with Gasteiger partial charge in [-0.1, -0.05) is 12.1 Å². The van der Waals surface area contributed by atoms with Gasteiger partial charge in [0.25, 0.3) is 0 Å². The van der Waals surface area contributed by atoms with Gasteiger partial charge in [-0.15, -0.1) is 0 Å². The van der Waals surface area contributed by atoms with Crippen LogP contribution >= 0.6 is 0 Å². The molecule has 3 aromatic rings. The Hall–Kier alpha value is -2.53. The zero-order valence-corrected chi connectivity index (χ0v) is 13.6. The first-order chi connectivity index (χ1) is 11.1. The van der Waals surface area contributed by atoms with Crippen molar-refractivity contribution in [2.24, 2.45) is 0 Å². The van der Waals surface area contributed by atoms with E-state index in [1.165, 1.54) is 5.56 Å². The molecular formula is C18H21N5. The van der Waals surface area contributed by atoms with E-state index in [1.807, 2.05) is 17.7 Å². The summed E-state index contributed by atoms with van der Waals surface area (Å²) in [7, 11) is 0. The van der Waals surface area contributed by atoms with E-state index >= 15 is 0 Å². The van der Waals surface area contributed by atoms with Gasteiger partial charge >= 0.3 is 0 Å². The highest BCUT2D eigenvalue weighted by molar-refractivity contribution is 5.35. The van der Waals surface area contributed by atoms with Gasteiger partial charge in [0.1, 0.15) is 0 Å². The van der Waals surface area contributed by atoms with E-state index < -0.39 is 0 Å². The molecule has 0 saturated heterocycles. The van der Waals surface area contributed by atoms with Gasteiger partial charge < -0.3 is 9.88 Å². The fourth-order valence-corrected chi connectivity index (χ4v) is 2.74. The molecule has 5 nitrogen and oxygen atoms in total. The van der Waals surface area contributed by atoms with Crippen molar-refractivity contribution in [1.82, 2.24) is 24.8 Å². The summed E-state index contributed by atoms with van der Waals surface area (Å²) < 4.78 is 1.99. The lowest BCUT2D eigenvalue weighted by Crippen LogP contribution is -2.24. The van der Waals surface area contributed by atoms with Gasteiger partial charge in [-0.05, 0) is 38.5 Å². The maximum absolute atomic E-state index is 4.44. The van der Waals surface area contributed by atoms with Crippen molar-refractivity contribution >= 4 is 0 Å². The second kappa shape index (κ2) is 6.71. The molecule has 3 rings (SSSR count). The second-order valence-electron chi connectivity index (χ2n) is 5.70. The average Bonchev–Trinajstić information content (AvgIpc) is 3.09. The molecule has 5 heteroatoms. The first kappa shape index (κ1) is 15.4. The van der Waals surface area contributed by atoms with Gasteiger partial charge in [0.2, 0.25) is 0 Å². The predicted octanol–water partition coefficient (Wildman–Crippen LogP) is 3.38. The standard InChI is InChI=1S/C18H21N5/c1-13(22-15(3)18-14(2)20-8-9-21-18)16-4-6-17(7-5-16)23-11-10-19-12-23/h4-13,15,22H,1-3H3/t13-,15-/m0/s1. The van der Waals surface area contributed by atoms with Gasteiger partial charge in [0.05, 0.1) is 17.7 Å². The van der Waals surface area contributed by atoms with Gasteiger partial charge in [-0.2, -0.15) is 0 Å². The molecule has 0 aliphatic rings. The first-order valence-electron chi connectivity index (χ1n) is 7.77. The molecule has 2 heterocycles. The molecule has 0 bridgehead atoms. The smallest absolute Gasteiger partial charge is 0.0991 e. The number of nitrogens with zero attached hydrogens (tertiary/aromatic N) is 4. The summed E-state index contributed by atoms with van der Waals surface area (Å²) in [5, 5.41) is 3.59. The summed E-state index contributed by atoms with van der Waals surface area (Å²) in [6.45, 7) is 6.27. The van der Waals surface area contributed by atoms with Gasteiger partial charge in [0.15, 0.2) is 0 Å². The number of aryl methyl sites for hydroxylation is 1. The van der Waals surface area contributed by atoms with Crippen LogP contribution in [0.25, 0.3) is 5.69 Å². The zero-order valence-electron chi connectivity index (χ0n) is 13.6. The van der Waals surface area contributed by atoms with Crippen molar-refractivity contribution in [3.8, 4) is 5.69 Å². The van der Waals surface area contributed by atoms with Crippen LogP contribution in [-0.4, -0.2) is 19.5 Å². The maximum atomic E-state index is 4.44. The Balaban J connectivity index is 1.71. The number of benzene rings is 1. The summed E-state index contributed by atoms with van der Waals surface area (Å²) in [6.07, 6.45) is 8.99. The molecule has 0 spiro atoms. The first-order valence-corrected chi connectivity index (χ1v) is 7.77. The predicted molar refractivity (Wildman–Crippen MR) is 90.3 cm³/mol. The number of imidazole rings is 1. The van der Waals surface area contributed by atoms with Gasteiger partial charge in [0, 0.05) is 42.6 Å². The highest BCUT2D eigenvalue weighted by Gasteiger charge is 2.14. The van der Waals surface area contributed by atoms with Crippen molar-refractivity contribution in [1.29, 1.82) is 0 Å². The van der Waals surface area contributed by atoms with Crippen molar-refractivity contribution in [3.05, 3.63) is 72.3 Å². The molecule has 2 atom stereocenters. The zero-order chi connectivity index (χ0) is 16.2. The largest absolute Gasteiger partial charge is 0.306 e. The van der Waals surface area contributed by atoms with E-state index in [0.717, 1.165) is 17.1 Å². The molecule has 0 aliphatic carbocycles. The quantitative estimate of drug-likeness (QED) is 0.785. The highest BCUT2D eigenvalue weighted by atomic mass is 15.0. The number of hydrogen-bond acceptors (Lipinski definition) is 4. The highest BCUT2D eigenvalue weighted by Crippen LogP contribution is 2.20. The molecule has 0 radical (unpaired) electrons. The summed E-state index contributed by atoms with van der Waals surface area (Å²) in [6, 6.07) is 8.86. The number of rotatable bonds is 5. The fourth-order valence-electron chi connectivity index (χ4n) is 2.74. The van der Waals surface area contributed by atoms with E-state index in [1.54, 1.807) is 24.9 Å². The van der Waals surface area contributed by atoms with Crippen LogP contribution in [0.15, 0.2) is 55.4 Å². The Bertz CT molecular complexity index is 749. The van der Waals surface area contributed by atoms with Crippen molar-refractivity contribution < 1.29 is 0 Å². The summed E-state index contributed by atoms with van der Waals surface area (Å²) in [4.78, 5) is 12.8. The van der Waals surface area contributed by atoms with Crippen LogP contribution in [0.5, 0.6) is 0 Å². The molecule has 0 unspecified atom stereocenters. The van der Waals surface area contributed by atoms with Crippen LogP contribution in [0.3, 0.4) is 0 Å². The third-order valence-electron chi connectivity index (χ3n) is 4.02. The van der Waals surface area contributed by atoms with Gasteiger partial charge in [-0.25, -0.2) is 4.98 Å². The minimum Gasteiger partial charge on any atom is -0.306 e. The minimum absolute atomic E-state index is 0.145. The van der Waals surface area contributed by atoms with Crippen molar-refractivity contribution in [2.45, 2.75) is 32.9 Å². The lowest BCUT2D eigenvalue weighted by atomic mass is 10.1. The van der Waals surface area contributed by atoms with E-state index in [9.17, 15) is 0 Å². The molecule has 118 valence electrons. The molecule has 2 aromatic heterocycles. The lowest BCUT2D eigenvalue weighted by molar-refractivity contribution is 0.483. The molecular weight excluding hydrogens is 286 g/mol. The molecule has 0 fully saturated rings. The molecule has 0 amide bonds. The summed E-state index contributed by atoms with van der Waals surface area (Å²) >= 11 is 0. The Morgan fingerprint density at radius 1 is 0.957 bits per heavy atom. The van der Waals surface area contributed by atoms with E-state index in [2.05, 4.69) is 58.4 Å². The van der Waals surface area contributed by atoms with Gasteiger partial charge in [-0.3, -0.25) is 9.97 Å². The Kier molecular flexibility index (Phi) is 4.48. The van der Waals surface area contributed by atoms with Crippen LogP contribution in [0.1, 0.15) is 42.9 Å². The van der Waals surface area contributed by atoms with Crippen LogP contribution in [0.4, 0.5) is 0 Å². The lowest BCUT2D eigenvalue weighted by Gasteiger charge is -2.21. The Morgan fingerprint density at radius 3 is 2.35 bits per heavy atom. The Morgan fingerprint density at radius 2 is 1.70 bits per heavy atom. The van der Waals surface area contributed by atoms with E-state index in [0.29, 0.717) is 0 Å². The SMILES string of the molecule is Cc1nccnc1[C@H](C)N[C@@H](C)c1ccc(-n2ccnc2)cc1. The number of nitrogens with one attached hydrogen (secondary N) is 1.